The number of hydrogen-bond donors (Lipinski definition) is 1. The quantitative estimate of drug-likeness (QED) is 0.665. The van der Waals surface area contributed by atoms with Crippen LogP contribution in [0.25, 0.3) is 0 Å². The average molecular weight is 253 g/mol. The molecule has 0 aromatic carbocycles. The van der Waals surface area contributed by atoms with Crippen molar-refractivity contribution in [3.05, 3.63) is 0 Å². The third kappa shape index (κ3) is 5.71. The summed E-state index contributed by atoms with van der Waals surface area (Å²) in [5, 5.41) is 3.57. The van der Waals surface area contributed by atoms with Crippen LogP contribution in [0.15, 0.2) is 0 Å². The standard InChI is InChI=1S/C16H31NO/c1-13-10-14(2)12-16(11-13)18-9-5-3-4-8-17-15-6-7-15/h13-17H,3-12H2,1-2H3. The van der Waals surface area contributed by atoms with Crippen LogP contribution in [0.3, 0.4) is 0 Å². The van der Waals surface area contributed by atoms with E-state index in [9.17, 15) is 0 Å². The highest BCUT2D eigenvalue weighted by atomic mass is 16.5. The summed E-state index contributed by atoms with van der Waals surface area (Å²) in [5.41, 5.74) is 0. The van der Waals surface area contributed by atoms with E-state index in [0.717, 1.165) is 24.5 Å². The van der Waals surface area contributed by atoms with E-state index in [4.69, 9.17) is 4.74 Å². The predicted molar refractivity (Wildman–Crippen MR) is 76.8 cm³/mol. The molecule has 0 aromatic rings. The minimum Gasteiger partial charge on any atom is -0.378 e. The molecular weight excluding hydrogens is 222 g/mol. The zero-order valence-electron chi connectivity index (χ0n) is 12.3. The second-order valence-electron chi connectivity index (χ2n) is 6.70. The van der Waals surface area contributed by atoms with Crippen LogP contribution in [-0.4, -0.2) is 25.3 Å². The maximum absolute atomic E-state index is 6.04. The Balaban J connectivity index is 1.42. The van der Waals surface area contributed by atoms with E-state index in [1.54, 1.807) is 0 Å². The molecule has 0 amide bonds. The highest BCUT2D eigenvalue weighted by Gasteiger charge is 2.24. The first-order valence-corrected chi connectivity index (χ1v) is 8.09. The van der Waals surface area contributed by atoms with Gasteiger partial charge in [-0.15, -0.1) is 0 Å². The Morgan fingerprint density at radius 2 is 1.67 bits per heavy atom. The Kier molecular flexibility index (Phi) is 5.97. The molecule has 2 unspecified atom stereocenters. The molecule has 0 radical (unpaired) electrons. The molecule has 2 fully saturated rings. The Morgan fingerprint density at radius 1 is 0.944 bits per heavy atom. The minimum atomic E-state index is 0.549. The van der Waals surface area contributed by atoms with Gasteiger partial charge in [-0.2, -0.15) is 0 Å². The molecule has 0 saturated heterocycles. The Labute approximate surface area is 113 Å². The summed E-state index contributed by atoms with van der Waals surface area (Å²) in [6, 6.07) is 0.867. The maximum Gasteiger partial charge on any atom is 0.0580 e. The fourth-order valence-corrected chi connectivity index (χ4v) is 3.26. The predicted octanol–water partition coefficient (Wildman–Crippen LogP) is 3.75. The molecule has 2 aliphatic carbocycles. The van der Waals surface area contributed by atoms with Gasteiger partial charge in [-0.25, -0.2) is 0 Å². The first-order chi connectivity index (χ1) is 8.74. The molecule has 2 atom stereocenters. The first-order valence-electron chi connectivity index (χ1n) is 8.09. The van der Waals surface area contributed by atoms with Crippen LogP contribution in [0, 0.1) is 11.8 Å². The number of hydrogen-bond acceptors (Lipinski definition) is 2. The van der Waals surface area contributed by atoms with Crippen molar-refractivity contribution >= 4 is 0 Å². The van der Waals surface area contributed by atoms with Crippen LogP contribution in [0.4, 0.5) is 0 Å². The van der Waals surface area contributed by atoms with Crippen molar-refractivity contribution in [2.45, 2.75) is 77.4 Å². The summed E-state index contributed by atoms with van der Waals surface area (Å²) in [6.45, 7) is 6.93. The van der Waals surface area contributed by atoms with Gasteiger partial charge in [0.2, 0.25) is 0 Å². The van der Waals surface area contributed by atoms with Gasteiger partial charge in [0.1, 0.15) is 0 Å². The van der Waals surface area contributed by atoms with Gasteiger partial charge in [0.25, 0.3) is 0 Å². The van der Waals surface area contributed by atoms with E-state index < -0.39 is 0 Å². The van der Waals surface area contributed by atoms with E-state index in [1.807, 2.05) is 0 Å². The van der Waals surface area contributed by atoms with E-state index >= 15 is 0 Å². The van der Waals surface area contributed by atoms with E-state index in [1.165, 1.54) is 57.9 Å². The van der Waals surface area contributed by atoms with Gasteiger partial charge in [0.15, 0.2) is 0 Å². The van der Waals surface area contributed by atoms with E-state index in [-0.39, 0.29) is 0 Å². The fraction of sp³-hybridized carbons (Fsp3) is 1.00. The lowest BCUT2D eigenvalue weighted by molar-refractivity contribution is -0.000575. The zero-order valence-corrected chi connectivity index (χ0v) is 12.3. The second-order valence-corrected chi connectivity index (χ2v) is 6.70. The van der Waals surface area contributed by atoms with E-state index in [0.29, 0.717) is 6.10 Å². The highest BCUT2D eigenvalue weighted by molar-refractivity contribution is 4.80. The summed E-state index contributed by atoms with van der Waals surface area (Å²) in [6.07, 6.45) is 11.2. The van der Waals surface area contributed by atoms with Crippen molar-refractivity contribution in [2.75, 3.05) is 13.2 Å². The summed E-state index contributed by atoms with van der Waals surface area (Å²) in [5.74, 6) is 1.72. The smallest absolute Gasteiger partial charge is 0.0580 e. The van der Waals surface area contributed by atoms with Crippen molar-refractivity contribution in [3.63, 3.8) is 0 Å². The van der Waals surface area contributed by atoms with Crippen LogP contribution in [0.2, 0.25) is 0 Å². The van der Waals surface area contributed by atoms with Crippen molar-refractivity contribution in [2.24, 2.45) is 11.8 Å². The summed E-state index contributed by atoms with van der Waals surface area (Å²) in [4.78, 5) is 0. The molecule has 2 heteroatoms. The van der Waals surface area contributed by atoms with Crippen LogP contribution in [0.1, 0.15) is 65.2 Å². The molecule has 0 heterocycles. The van der Waals surface area contributed by atoms with Crippen molar-refractivity contribution in [1.29, 1.82) is 0 Å². The number of nitrogens with one attached hydrogen (secondary N) is 1. The van der Waals surface area contributed by atoms with E-state index in [2.05, 4.69) is 19.2 Å². The monoisotopic (exact) mass is 253 g/mol. The fourth-order valence-electron chi connectivity index (χ4n) is 3.26. The highest BCUT2D eigenvalue weighted by Crippen LogP contribution is 2.30. The van der Waals surface area contributed by atoms with Crippen LogP contribution in [-0.2, 0) is 4.74 Å². The van der Waals surface area contributed by atoms with Crippen molar-refractivity contribution < 1.29 is 4.74 Å². The lowest BCUT2D eigenvalue weighted by Crippen LogP contribution is -2.26. The number of ether oxygens (including phenoxy) is 1. The number of unbranched alkanes of at least 4 members (excludes halogenated alkanes) is 2. The van der Waals surface area contributed by atoms with Crippen molar-refractivity contribution in [1.82, 2.24) is 5.32 Å². The largest absolute Gasteiger partial charge is 0.378 e. The Bertz CT molecular complexity index is 217. The molecule has 106 valence electrons. The second kappa shape index (κ2) is 7.49. The van der Waals surface area contributed by atoms with Crippen molar-refractivity contribution in [3.8, 4) is 0 Å². The lowest BCUT2D eigenvalue weighted by atomic mass is 9.82. The minimum absolute atomic E-state index is 0.549. The van der Waals surface area contributed by atoms with Gasteiger partial charge in [0, 0.05) is 12.6 Å². The first kappa shape index (κ1) is 14.3. The molecule has 2 saturated carbocycles. The normalized spacial score (nSPS) is 32.7. The van der Waals surface area contributed by atoms with Gasteiger partial charge in [0.05, 0.1) is 6.10 Å². The molecule has 2 aliphatic rings. The molecule has 0 aromatic heterocycles. The molecule has 2 nitrogen and oxygen atoms in total. The number of rotatable bonds is 8. The van der Waals surface area contributed by atoms with Crippen LogP contribution in [0.5, 0.6) is 0 Å². The molecule has 1 N–H and O–H groups in total. The van der Waals surface area contributed by atoms with Gasteiger partial charge in [-0.05, 0) is 69.7 Å². The molecule has 2 rings (SSSR count). The SMILES string of the molecule is CC1CC(C)CC(OCCCCCNC2CC2)C1. The van der Waals surface area contributed by atoms with Gasteiger partial charge >= 0.3 is 0 Å². The average Bonchev–Trinajstić information content (AvgIpc) is 3.10. The molecule has 0 spiro atoms. The molecule has 0 aliphatic heterocycles. The third-order valence-corrected chi connectivity index (χ3v) is 4.32. The third-order valence-electron chi connectivity index (χ3n) is 4.32. The summed E-state index contributed by atoms with van der Waals surface area (Å²) < 4.78 is 6.04. The molecule has 0 bridgehead atoms. The van der Waals surface area contributed by atoms with Crippen LogP contribution >= 0.6 is 0 Å². The van der Waals surface area contributed by atoms with Gasteiger partial charge in [-0.1, -0.05) is 13.8 Å². The topological polar surface area (TPSA) is 21.3 Å². The zero-order chi connectivity index (χ0) is 12.8. The Hall–Kier alpha value is -0.0800. The Morgan fingerprint density at radius 3 is 2.33 bits per heavy atom. The van der Waals surface area contributed by atoms with Gasteiger partial charge in [-0.3, -0.25) is 0 Å². The molecule has 18 heavy (non-hydrogen) atoms. The van der Waals surface area contributed by atoms with Crippen LogP contribution < -0.4 is 5.32 Å². The molecular formula is C16H31NO. The summed E-state index contributed by atoms with van der Waals surface area (Å²) >= 11 is 0. The lowest BCUT2D eigenvalue weighted by Gasteiger charge is -2.31. The summed E-state index contributed by atoms with van der Waals surface area (Å²) in [7, 11) is 0. The maximum atomic E-state index is 6.04. The van der Waals surface area contributed by atoms with Gasteiger partial charge < -0.3 is 10.1 Å².